The van der Waals surface area contributed by atoms with Crippen LogP contribution in [0.4, 0.5) is 5.82 Å². The van der Waals surface area contributed by atoms with Gasteiger partial charge in [-0.3, -0.25) is 0 Å². The number of thiophene rings is 1. The number of aromatic nitrogens is 2. The van der Waals surface area contributed by atoms with Crippen LogP contribution in [-0.2, 0) is 6.42 Å². The third-order valence-corrected chi connectivity index (χ3v) is 4.55. The first-order valence-electron chi connectivity index (χ1n) is 6.96. The Balaban J connectivity index is 1.92. The molecule has 2 atom stereocenters. The Morgan fingerprint density at radius 3 is 3.00 bits per heavy atom. The molecule has 2 heterocycles. The number of aliphatic hydroxyl groups is 1. The molecule has 2 aromatic heterocycles. The van der Waals surface area contributed by atoms with Crippen LogP contribution in [-0.4, -0.2) is 27.2 Å². The zero-order valence-corrected chi connectivity index (χ0v) is 11.9. The van der Waals surface area contributed by atoms with Crippen LogP contribution in [0, 0.1) is 0 Å². The maximum Gasteiger partial charge on any atom is 0.138 e. The van der Waals surface area contributed by atoms with E-state index in [0.29, 0.717) is 0 Å². The van der Waals surface area contributed by atoms with Crippen molar-refractivity contribution in [1.29, 1.82) is 0 Å². The molecule has 5 heteroatoms. The summed E-state index contributed by atoms with van der Waals surface area (Å²) in [7, 11) is 0. The van der Waals surface area contributed by atoms with Crippen LogP contribution in [0.25, 0.3) is 10.2 Å². The maximum atomic E-state index is 10.1. The molecule has 2 aromatic rings. The summed E-state index contributed by atoms with van der Waals surface area (Å²) in [6, 6.07) is 2.17. The lowest BCUT2D eigenvalue weighted by Crippen LogP contribution is -2.36. The van der Waals surface area contributed by atoms with Crippen LogP contribution in [0.1, 0.15) is 38.4 Å². The van der Waals surface area contributed by atoms with Gasteiger partial charge in [0.05, 0.1) is 17.5 Å². The summed E-state index contributed by atoms with van der Waals surface area (Å²) >= 11 is 1.64. The van der Waals surface area contributed by atoms with Crippen molar-refractivity contribution in [3.63, 3.8) is 0 Å². The molecule has 0 amide bonds. The van der Waals surface area contributed by atoms with Crippen molar-refractivity contribution >= 4 is 27.4 Å². The molecule has 0 unspecified atom stereocenters. The SMILES string of the molecule is CCc1nc(N[C@H]2CCCC[C@@H]2O)c2ccsc2n1. The summed E-state index contributed by atoms with van der Waals surface area (Å²) in [6.07, 6.45) is 4.76. The number of nitrogens with one attached hydrogen (secondary N) is 1. The van der Waals surface area contributed by atoms with Crippen LogP contribution in [0.15, 0.2) is 11.4 Å². The summed E-state index contributed by atoms with van der Waals surface area (Å²) in [4.78, 5) is 10.2. The fraction of sp³-hybridized carbons (Fsp3) is 0.571. The lowest BCUT2D eigenvalue weighted by Gasteiger charge is -2.29. The van der Waals surface area contributed by atoms with E-state index in [-0.39, 0.29) is 12.1 Å². The number of nitrogens with zero attached hydrogens (tertiary/aromatic N) is 2. The molecule has 0 spiro atoms. The smallest absolute Gasteiger partial charge is 0.138 e. The Labute approximate surface area is 116 Å². The molecule has 1 saturated carbocycles. The van der Waals surface area contributed by atoms with Crippen molar-refractivity contribution in [3.8, 4) is 0 Å². The van der Waals surface area contributed by atoms with Gasteiger partial charge in [0.1, 0.15) is 16.5 Å². The molecule has 2 N–H and O–H groups in total. The molecular weight excluding hydrogens is 258 g/mol. The predicted molar refractivity (Wildman–Crippen MR) is 78.7 cm³/mol. The molecule has 1 fully saturated rings. The van der Waals surface area contributed by atoms with Crippen molar-refractivity contribution in [2.45, 2.75) is 51.2 Å². The number of anilines is 1. The third-order valence-electron chi connectivity index (χ3n) is 3.74. The van der Waals surface area contributed by atoms with E-state index >= 15 is 0 Å². The van der Waals surface area contributed by atoms with Gasteiger partial charge in [-0.25, -0.2) is 9.97 Å². The minimum absolute atomic E-state index is 0.122. The number of aliphatic hydroxyl groups excluding tert-OH is 1. The Kier molecular flexibility index (Phi) is 3.66. The molecule has 19 heavy (non-hydrogen) atoms. The van der Waals surface area contributed by atoms with Crippen molar-refractivity contribution in [1.82, 2.24) is 9.97 Å². The van der Waals surface area contributed by atoms with Crippen LogP contribution in [0.3, 0.4) is 0 Å². The van der Waals surface area contributed by atoms with Crippen LogP contribution in [0.5, 0.6) is 0 Å². The Morgan fingerprint density at radius 2 is 2.21 bits per heavy atom. The fourth-order valence-corrected chi connectivity index (χ4v) is 3.41. The zero-order valence-electron chi connectivity index (χ0n) is 11.1. The van der Waals surface area contributed by atoms with Crippen molar-refractivity contribution in [3.05, 3.63) is 17.3 Å². The highest BCUT2D eigenvalue weighted by Gasteiger charge is 2.24. The Bertz CT molecular complexity index is 569. The maximum absolute atomic E-state index is 10.1. The number of aryl methyl sites for hydroxylation is 1. The van der Waals surface area contributed by atoms with E-state index < -0.39 is 0 Å². The molecule has 3 rings (SSSR count). The van der Waals surface area contributed by atoms with Crippen molar-refractivity contribution in [2.75, 3.05) is 5.32 Å². The summed E-state index contributed by atoms with van der Waals surface area (Å²) < 4.78 is 0. The zero-order chi connectivity index (χ0) is 13.2. The lowest BCUT2D eigenvalue weighted by molar-refractivity contribution is 0.116. The van der Waals surface area contributed by atoms with Gasteiger partial charge in [0.15, 0.2) is 0 Å². The second-order valence-electron chi connectivity index (χ2n) is 5.08. The number of fused-ring (bicyclic) bond motifs is 1. The van der Waals surface area contributed by atoms with Gasteiger partial charge in [-0.15, -0.1) is 11.3 Å². The molecular formula is C14H19N3OS. The van der Waals surface area contributed by atoms with E-state index in [1.165, 1.54) is 6.42 Å². The van der Waals surface area contributed by atoms with Gasteiger partial charge in [0, 0.05) is 6.42 Å². The number of hydrogen-bond donors (Lipinski definition) is 2. The quantitative estimate of drug-likeness (QED) is 0.905. The Morgan fingerprint density at radius 1 is 1.37 bits per heavy atom. The van der Waals surface area contributed by atoms with E-state index in [2.05, 4.69) is 28.3 Å². The standard InChI is InChI=1S/C14H19N3OS/c1-2-12-16-13(9-7-8-19-14(9)17-12)15-10-5-3-4-6-11(10)18/h7-8,10-11,18H,2-6H2,1H3,(H,15,16,17)/t10-,11-/m0/s1. The highest BCUT2D eigenvalue weighted by atomic mass is 32.1. The average Bonchev–Trinajstić information content (AvgIpc) is 2.89. The van der Waals surface area contributed by atoms with Gasteiger partial charge in [-0.2, -0.15) is 0 Å². The van der Waals surface area contributed by atoms with Gasteiger partial charge < -0.3 is 10.4 Å². The van der Waals surface area contributed by atoms with Crippen LogP contribution in [0.2, 0.25) is 0 Å². The summed E-state index contributed by atoms with van der Waals surface area (Å²) in [5.74, 6) is 1.75. The van der Waals surface area contributed by atoms with Gasteiger partial charge in [0.2, 0.25) is 0 Å². The first-order valence-corrected chi connectivity index (χ1v) is 7.84. The normalized spacial score (nSPS) is 23.7. The van der Waals surface area contributed by atoms with Gasteiger partial charge in [-0.05, 0) is 24.3 Å². The first kappa shape index (κ1) is 12.8. The van der Waals surface area contributed by atoms with Gasteiger partial charge in [-0.1, -0.05) is 19.8 Å². The molecule has 0 radical (unpaired) electrons. The molecule has 0 bridgehead atoms. The van der Waals surface area contributed by atoms with Crippen LogP contribution >= 0.6 is 11.3 Å². The molecule has 0 aliphatic heterocycles. The van der Waals surface area contributed by atoms with Crippen molar-refractivity contribution < 1.29 is 5.11 Å². The van der Waals surface area contributed by atoms with Gasteiger partial charge in [0.25, 0.3) is 0 Å². The highest BCUT2D eigenvalue weighted by molar-refractivity contribution is 7.16. The molecule has 0 saturated heterocycles. The first-order chi connectivity index (χ1) is 9.28. The molecule has 1 aliphatic rings. The highest BCUT2D eigenvalue weighted by Crippen LogP contribution is 2.28. The minimum atomic E-state index is -0.262. The molecule has 102 valence electrons. The molecule has 0 aromatic carbocycles. The topological polar surface area (TPSA) is 58.0 Å². The van der Waals surface area contributed by atoms with E-state index in [9.17, 15) is 5.11 Å². The Hall–Kier alpha value is -1.20. The average molecular weight is 277 g/mol. The van der Waals surface area contributed by atoms with Gasteiger partial charge >= 0.3 is 0 Å². The van der Waals surface area contributed by atoms with E-state index in [1.807, 2.05) is 5.38 Å². The minimum Gasteiger partial charge on any atom is -0.391 e. The monoisotopic (exact) mass is 277 g/mol. The van der Waals surface area contributed by atoms with Crippen molar-refractivity contribution in [2.24, 2.45) is 0 Å². The predicted octanol–water partition coefficient (Wildman–Crippen LogP) is 2.97. The summed E-state index contributed by atoms with van der Waals surface area (Å²) in [5.41, 5.74) is 0. The number of rotatable bonds is 3. The fourth-order valence-electron chi connectivity index (χ4n) is 2.62. The molecule has 4 nitrogen and oxygen atoms in total. The summed E-state index contributed by atoms with van der Waals surface area (Å²) in [6.45, 7) is 2.06. The third kappa shape index (κ3) is 2.58. The molecule has 1 aliphatic carbocycles. The second kappa shape index (κ2) is 5.43. The lowest BCUT2D eigenvalue weighted by atomic mass is 9.92. The number of hydrogen-bond acceptors (Lipinski definition) is 5. The second-order valence-corrected chi connectivity index (χ2v) is 5.98. The van der Waals surface area contributed by atoms with E-state index in [4.69, 9.17) is 0 Å². The van der Waals surface area contributed by atoms with E-state index in [0.717, 1.165) is 47.5 Å². The summed E-state index contributed by atoms with van der Waals surface area (Å²) in [5, 5.41) is 16.6. The largest absolute Gasteiger partial charge is 0.391 e. The van der Waals surface area contributed by atoms with Crippen LogP contribution < -0.4 is 5.32 Å². The van der Waals surface area contributed by atoms with E-state index in [1.54, 1.807) is 11.3 Å².